The van der Waals surface area contributed by atoms with Gasteiger partial charge in [-0.3, -0.25) is 0 Å². The van der Waals surface area contributed by atoms with Crippen molar-refractivity contribution in [1.82, 2.24) is 19.5 Å². The van der Waals surface area contributed by atoms with Gasteiger partial charge in [0.05, 0.1) is 52.4 Å². The molecule has 2 N–H and O–H groups in total. The zero-order chi connectivity index (χ0) is 21.6. The largest absolute Gasteiger partial charge is 0.390 e. The van der Waals surface area contributed by atoms with E-state index in [1.807, 2.05) is 18.4 Å². The van der Waals surface area contributed by atoms with Gasteiger partial charge in [0.25, 0.3) is 0 Å². The summed E-state index contributed by atoms with van der Waals surface area (Å²) in [6, 6.07) is 2.67. The predicted molar refractivity (Wildman–Crippen MR) is 113 cm³/mol. The Hall–Kier alpha value is -2.30. The molecule has 8 nitrogen and oxygen atoms in total. The number of hydrogen-bond acceptors (Lipinski definition) is 7. The minimum absolute atomic E-state index is 0.0246. The Morgan fingerprint density at radius 1 is 1.33 bits per heavy atom. The molecule has 0 bridgehead atoms. The molecule has 11 heteroatoms. The van der Waals surface area contributed by atoms with E-state index in [0.717, 1.165) is 0 Å². The topological polar surface area (TPSA) is 110 Å². The molecule has 1 aromatic carbocycles. The van der Waals surface area contributed by atoms with Crippen molar-refractivity contribution in [3.8, 4) is 11.3 Å². The average molecular weight is 454 g/mol. The molecule has 0 radical (unpaired) electrons. The Kier molecular flexibility index (Phi) is 5.41. The SMILES string of the molecule is CC(C)n1cnc2c(F)cc(-c3nc(N[C@@H]4CCS(=O)(=O)CC4O)ncc3Cl)cc21. The molecular weight excluding hydrogens is 433 g/mol. The third-order valence-corrected chi connectivity index (χ3v) is 7.13. The normalized spacial score (nSPS) is 21.3. The summed E-state index contributed by atoms with van der Waals surface area (Å²) in [6.07, 6.45) is 2.15. The lowest BCUT2D eigenvalue weighted by Gasteiger charge is -2.28. The van der Waals surface area contributed by atoms with E-state index in [-0.39, 0.29) is 40.5 Å². The maximum absolute atomic E-state index is 14.7. The number of fused-ring (bicyclic) bond motifs is 1. The number of rotatable bonds is 4. The third-order valence-electron chi connectivity index (χ3n) is 5.15. The van der Waals surface area contributed by atoms with E-state index >= 15 is 0 Å². The zero-order valence-corrected chi connectivity index (χ0v) is 18.0. The highest BCUT2D eigenvalue weighted by Gasteiger charge is 2.32. The second-order valence-corrected chi connectivity index (χ2v) is 10.3. The molecule has 2 aromatic heterocycles. The van der Waals surface area contributed by atoms with Gasteiger partial charge in [-0.25, -0.2) is 27.8 Å². The number of anilines is 1. The van der Waals surface area contributed by atoms with Crippen LogP contribution >= 0.6 is 11.6 Å². The number of aromatic nitrogens is 4. The van der Waals surface area contributed by atoms with Crippen LogP contribution in [0.3, 0.4) is 0 Å². The molecule has 2 atom stereocenters. The van der Waals surface area contributed by atoms with Crippen LogP contribution < -0.4 is 5.32 Å². The van der Waals surface area contributed by atoms with Crippen molar-refractivity contribution in [3.63, 3.8) is 0 Å². The van der Waals surface area contributed by atoms with Gasteiger partial charge in [-0.1, -0.05) is 11.6 Å². The van der Waals surface area contributed by atoms with Gasteiger partial charge in [-0.2, -0.15) is 0 Å². The number of nitrogens with zero attached hydrogens (tertiary/aromatic N) is 4. The highest BCUT2D eigenvalue weighted by atomic mass is 35.5. The van der Waals surface area contributed by atoms with Gasteiger partial charge in [-0.15, -0.1) is 0 Å². The van der Waals surface area contributed by atoms with Gasteiger partial charge in [0.1, 0.15) is 5.52 Å². The monoisotopic (exact) mass is 453 g/mol. The first-order valence-electron chi connectivity index (χ1n) is 9.48. The molecule has 0 saturated carbocycles. The molecule has 1 unspecified atom stereocenters. The number of benzene rings is 1. The molecule has 0 amide bonds. The molecule has 0 spiro atoms. The van der Waals surface area contributed by atoms with Gasteiger partial charge in [0, 0.05) is 11.6 Å². The van der Waals surface area contributed by atoms with Crippen molar-refractivity contribution in [2.75, 3.05) is 16.8 Å². The number of hydrogen-bond donors (Lipinski definition) is 2. The van der Waals surface area contributed by atoms with Crippen LogP contribution in [-0.4, -0.2) is 56.7 Å². The lowest BCUT2D eigenvalue weighted by Crippen LogP contribution is -2.45. The van der Waals surface area contributed by atoms with Gasteiger partial charge < -0.3 is 15.0 Å². The Labute approximate surface area is 178 Å². The summed E-state index contributed by atoms with van der Waals surface area (Å²) < 4.78 is 39.8. The molecule has 160 valence electrons. The van der Waals surface area contributed by atoms with Gasteiger partial charge in [-0.05, 0) is 32.4 Å². The first kappa shape index (κ1) is 21.0. The van der Waals surface area contributed by atoms with Crippen LogP contribution in [0.4, 0.5) is 10.3 Å². The molecule has 1 aliphatic heterocycles. The molecule has 1 aliphatic rings. The first-order valence-corrected chi connectivity index (χ1v) is 11.7. The third kappa shape index (κ3) is 3.99. The summed E-state index contributed by atoms with van der Waals surface area (Å²) in [4.78, 5) is 12.7. The molecule has 1 fully saturated rings. The van der Waals surface area contributed by atoms with Gasteiger partial charge in [0.15, 0.2) is 15.7 Å². The minimum atomic E-state index is -3.25. The molecule has 1 saturated heterocycles. The maximum atomic E-state index is 14.7. The summed E-state index contributed by atoms with van der Waals surface area (Å²) in [7, 11) is -3.25. The lowest BCUT2D eigenvalue weighted by molar-refractivity contribution is 0.167. The number of imidazole rings is 1. The van der Waals surface area contributed by atoms with E-state index in [2.05, 4.69) is 20.3 Å². The fourth-order valence-corrected chi connectivity index (χ4v) is 5.30. The molecule has 30 heavy (non-hydrogen) atoms. The number of aliphatic hydroxyl groups excluding tert-OH is 1. The molecule has 3 heterocycles. The van der Waals surface area contributed by atoms with Crippen LogP contribution in [-0.2, 0) is 9.84 Å². The fourth-order valence-electron chi connectivity index (χ4n) is 3.57. The van der Waals surface area contributed by atoms with E-state index in [4.69, 9.17) is 11.6 Å². The predicted octanol–water partition coefficient (Wildman–Crippen LogP) is 2.83. The molecule has 3 aromatic rings. The van der Waals surface area contributed by atoms with Gasteiger partial charge in [0.2, 0.25) is 5.95 Å². The number of aliphatic hydroxyl groups is 1. The van der Waals surface area contributed by atoms with Gasteiger partial charge >= 0.3 is 0 Å². The minimum Gasteiger partial charge on any atom is -0.390 e. The van der Waals surface area contributed by atoms with Crippen molar-refractivity contribution in [3.05, 3.63) is 35.5 Å². The van der Waals surface area contributed by atoms with Crippen LogP contribution in [0.15, 0.2) is 24.7 Å². The second kappa shape index (κ2) is 7.75. The summed E-state index contributed by atoms with van der Waals surface area (Å²) in [5, 5.41) is 13.4. The van der Waals surface area contributed by atoms with Crippen LogP contribution in [0.25, 0.3) is 22.3 Å². The number of nitrogens with one attached hydrogen (secondary N) is 1. The first-order chi connectivity index (χ1) is 14.1. The van der Waals surface area contributed by atoms with Crippen molar-refractivity contribution < 1.29 is 17.9 Å². The second-order valence-electron chi connectivity index (χ2n) is 7.68. The van der Waals surface area contributed by atoms with Crippen LogP contribution in [0.5, 0.6) is 0 Å². The average Bonchev–Trinajstić information content (AvgIpc) is 3.10. The summed E-state index contributed by atoms with van der Waals surface area (Å²) in [5.74, 6) is -0.648. The Morgan fingerprint density at radius 2 is 2.10 bits per heavy atom. The van der Waals surface area contributed by atoms with Crippen molar-refractivity contribution >= 4 is 38.4 Å². The molecule has 4 rings (SSSR count). The Bertz CT molecular complexity index is 1210. The Balaban J connectivity index is 1.69. The summed E-state index contributed by atoms with van der Waals surface area (Å²) in [5.41, 5.74) is 1.67. The highest BCUT2D eigenvalue weighted by Crippen LogP contribution is 2.31. The number of sulfone groups is 1. The van der Waals surface area contributed by atoms with E-state index < -0.39 is 27.8 Å². The zero-order valence-electron chi connectivity index (χ0n) is 16.4. The highest BCUT2D eigenvalue weighted by molar-refractivity contribution is 7.91. The van der Waals surface area contributed by atoms with Crippen LogP contribution in [0, 0.1) is 5.82 Å². The fraction of sp³-hybridized carbons (Fsp3) is 0.421. The summed E-state index contributed by atoms with van der Waals surface area (Å²) >= 11 is 6.29. The smallest absolute Gasteiger partial charge is 0.223 e. The standard InChI is InChI=1S/C19H21ClFN5O3S/c1-10(2)26-9-23-18-13(21)5-11(6-15(18)26)17-12(20)7-22-19(25-17)24-14-3-4-30(28,29)8-16(14)27/h5-7,9-10,14,16,27H,3-4,8H2,1-2H3,(H,22,24,25)/t14-,16?/m1/s1. The van der Waals surface area contributed by atoms with Crippen molar-refractivity contribution in [2.45, 2.75) is 38.5 Å². The van der Waals surface area contributed by atoms with Crippen LogP contribution in [0.1, 0.15) is 26.3 Å². The molecule has 0 aliphatic carbocycles. The molecular formula is C19H21ClFN5O3S. The maximum Gasteiger partial charge on any atom is 0.223 e. The van der Waals surface area contributed by atoms with E-state index in [9.17, 15) is 17.9 Å². The van der Waals surface area contributed by atoms with E-state index in [0.29, 0.717) is 16.8 Å². The number of halogens is 2. The van der Waals surface area contributed by atoms with E-state index in [1.165, 1.54) is 12.3 Å². The Morgan fingerprint density at radius 3 is 2.80 bits per heavy atom. The summed E-state index contributed by atoms with van der Waals surface area (Å²) in [6.45, 7) is 3.95. The van der Waals surface area contributed by atoms with Crippen molar-refractivity contribution in [1.29, 1.82) is 0 Å². The quantitative estimate of drug-likeness (QED) is 0.624. The van der Waals surface area contributed by atoms with E-state index in [1.54, 1.807) is 12.4 Å². The van der Waals surface area contributed by atoms with Crippen molar-refractivity contribution in [2.24, 2.45) is 0 Å². The van der Waals surface area contributed by atoms with Crippen LogP contribution in [0.2, 0.25) is 5.02 Å². The lowest BCUT2D eigenvalue weighted by atomic mass is 10.1.